The Bertz CT molecular complexity index is 572. The number of halogens is 3. The lowest BCUT2D eigenvalue weighted by Crippen LogP contribution is -2.43. The molecule has 3 atom stereocenters. The molecule has 0 saturated carbocycles. The average molecular weight is 343 g/mol. The summed E-state index contributed by atoms with van der Waals surface area (Å²) in [6.07, 6.45) is -2.92. The lowest BCUT2D eigenvalue weighted by Gasteiger charge is -2.34. The van der Waals surface area contributed by atoms with Gasteiger partial charge in [0.2, 0.25) is 5.91 Å². The summed E-state index contributed by atoms with van der Waals surface area (Å²) >= 11 is 0. The lowest BCUT2D eigenvalue weighted by molar-refractivity contribution is -0.137. The molecule has 0 radical (unpaired) electrons. The number of benzene rings is 1. The minimum atomic E-state index is -4.38. The Morgan fingerprint density at radius 3 is 2.71 bits per heavy atom. The summed E-state index contributed by atoms with van der Waals surface area (Å²) in [7, 11) is 0. The molecule has 1 aromatic rings. The summed E-state index contributed by atoms with van der Waals surface area (Å²) in [6.45, 7) is 4.66. The Balaban J connectivity index is 2.01. The molecule has 2 rings (SSSR count). The van der Waals surface area contributed by atoms with Crippen molar-refractivity contribution in [1.29, 1.82) is 0 Å². The van der Waals surface area contributed by atoms with Crippen molar-refractivity contribution in [3.8, 4) is 0 Å². The number of piperidine rings is 1. The molecule has 0 spiro atoms. The largest absolute Gasteiger partial charge is 0.416 e. The Hall–Kier alpha value is -1.56. The standard InChI is InChI=1S/C18H24F3NO2/c1-12(14-5-3-7-16(10-14)18(19,20)21)9-17(24)22-8-4-6-15(11-22)13(2)23/h3,5,7,10,12-13,15,23H,4,6,8-9,11H2,1-2H3. The third-order valence-electron chi connectivity index (χ3n) is 4.76. The van der Waals surface area contributed by atoms with E-state index in [1.807, 2.05) is 0 Å². The first-order chi connectivity index (χ1) is 11.2. The van der Waals surface area contributed by atoms with Crippen LogP contribution in [0.25, 0.3) is 0 Å². The second kappa shape index (κ2) is 7.55. The van der Waals surface area contributed by atoms with Gasteiger partial charge in [0.25, 0.3) is 0 Å². The van der Waals surface area contributed by atoms with Crippen LogP contribution in [0.5, 0.6) is 0 Å². The summed E-state index contributed by atoms with van der Waals surface area (Å²) < 4.78 is 38.4. The topological polar surface area (TPSA) is 40.5 Å². The maximum Gasteiger partial charge on any atom is 0.416 e. The van der Waals surface area contributed by atoms with Gasteiger partial charge in [-0.2, -0.15) is 13.2 Å². The number of rotatable bonds is 4. The molecule has 3 nitrogen and oxygen atoms in total. The van der Waals surface area contributed by atoms with Gasteiger partial charge in [-0.15, -0.1) is 0 Å². The molecule has 6 heteroatoms. The van der Waals surface area contributed by atoms with E-state index in [1.54, 1.807) is 24.8 Å². The molecule has 3 unspecified atom stereocenters. The molecule has 1 aliphatic rings. The van der Waals surface area contributed by atoms with Gasteiger partial charge in [0.1, 0.15) is 0 Å². The molecule has 1 heterocycles. The zero-order valence-electron chi connectivity index (χ0n) is 14.0. The van der Waals surface area contributed by atoms with Crippen LogP contribution >= 0.6 is 0 Å². The Morgan fingerprint density at radius 1 is 1.38 bits per heavy atom. The summed E-state index contributed by atoms with van der Waals surface area (Å²) in [5.41, 5.74) is -0.172. The molecular formula is C18H24F3NO2. The molecule has 0 bridgehead atoms. The minimum Gasteiger partial charge on any atom is -0.393 e. The highest BCUT2D eigenvalue weighted by Crippen LogP contribution is 2.32. The van der Waals surface area contributed by atoms with Crippen LogP contribution in [0.1, 0.15) is 50.2 Å². The molecular weight excluding hydrogens is 319 g/mol. The predicted molar refractivity (Wildman–Crippen MR) is 85.5 cm³/mol. The van der Waals surface area contributed by atoms with Crippen LogP contribution < -0.4 is 0 Å². The smallest absolute Gasteiger partial charge is 0.393 e. The number of carbonyl (C=O) groups excluding carboxylic acids is 1. The predicted octanol–water partition coefficient (Wildman–Crippen LogP) is 3.82. The highest BCUT2D eigenvalue weighted by Gasteiger charge is 2.31. The van der Waals surface area contributed by atoms with Gasteiger partial charge >= 0.3 is 6.18 Å². The number of aliphatic hydroxyl groups is 1. The van der Waals surface area contributed by atoms with Gasteiger partial charge in [-0.1, -0.05) is 25.1 Å². The van der Waals surface area contributed by atoms with Crippen LogP contribution in [0.3, 0.4) is 0 Å². The van der Waals surface area contributed by atoms with Gasteiger partial charge in [-0.25, -0.2) is 0 Å². The van der Waals surface area contributed by atoms with Crippen molar-refractivity contribution in [3.63, 3.8) is 0 Å². The summed E-state index contributed by atoms with van der Waals surface area (Å²) in [5.74, 6) is -0.274. The first-order valence-corrected chi connectivity index (χ1v) is 8.31. The molecule has 24 heavy (non-hydrogen) atoms. The van der Waals surface area contributed by atoms with Gasteiger partial charge in [-0.3, -0.25) is 4.79 Å². The Labute approximate surface area is 140 Å². The van der Waals surface area contributed by atoms with Crippen molar-refractivity contribution in [1.82, 2.24) is 4.90 Å². The molecule has 1 aliphatic heterocycles. The van der Waals surface area contributed by atoms with E-state index in [9.17, 15) is 23.1 Å². The third-order valence-corrected chi connectivity index (χ3v) is 4.76. The fourth-order valence-corrected chi connectivity index (χ4v) is 3.16. The van der Waals surface area contributed by atoms with Crippen LogP contribution in [0.2, 0.25) is 0 Å². The number of aliphatic hydroxyl groups excluding tert-OH is 1. The van der Waals surface area contributed by atoms with Gasteiger partial charge < -0.3 is 10.0 Å². The van der Waals surface area contributed by atoms with E-state index in [0.29, 0.717) is 18.7 Å². The molecule has 1 saturated heterocycles. The van der Waals surface area contributed by atoms with Crippen molar-refractivity contribution < 1.29 is 23.1 Å². The fourth-order valence-electron chi connectivity index (χ4n) is 3.16. The van der Waals surface area contributed by atoms with Crippen molar-refractivity contribution in [2.45, 2.75) is 51.3 Å². The number of likely N-dealkylation sites (tertiary alicyclic amines) is 1. The molecule has 1 amide bonds. The van der Waals surface area contributed by atoms with E-state index >= 15 is 0 Å². The summed E-state index contributed by atoms with van der Waals surface area (Å²) in [4.78, 5) is 14.2. The summed E-state index contributed by atoms with van der Waals surface area (Å²) in [6, 6.07) is 5.16. The number of carbonyl (C=O) groups is 1. The third kappa shape index (κ3) is 4.72. The van der Waals surface area contributed by atoms with E-state index in [2.05, 4.69) is 0 Å². The van der Waals surface area contributed by atoms with Crippen LogP contribution in [-0.2, 0) is 11.0 Å². The van der Waals surface area contributed by atoms with Crippen molar-refractivity contribution >= 4 is 5.91 Å². The molecule has 0 aliphatic carbocycles. The zero-order chi connectivity index (χ0) is 17.9. The quantitative estimate of drug-likeness (QED) is 0.903. The second-order valence-electron chi connectivity index (χ2n) is 6.71. The van der Waals surface area contributed by atoms with Crippen LogP contribution in [0, 0.1) is 5.92 Å². The first-order valence-electron chi connectivity index (χ1n) is 8.31. The molecule has 134 valence electrons. The van der Waals surface area contributed by atoms with E-state index in [0.717, 1.165) is 25.0 Å². The van der Waals surface area contributed by atoms with Gasteiger partial charge in [0.05, 0.1) is 11.7 Å². The minimum absolute atomic E-state index is 0.0646. The second-order valence-corrected chi connectivity index (χ2v) is 6.71. The number of hydrogen-bond acceptors (Lipinski definition) is 2. The Morgan fingerprint density at radius 2 is 2.08 bits per heavy atom. The van der Waals surface area contributed by atoms with Crippen molar-refractivity contribution in [3.05, 3.63) is 35.4 Å². The Kier molecular flexibility index (Phi) is 5.91. The maximum atomic E-state index is 12.8. The van der Waals surface area contributed by atoms with Gasteiger partial charge in [0.15, 0.2) is 0 Å². The van der Waals surface area contributed by atoms with Crippen molar-refractivity contribution in [2.75, 3.05) is 13.1 Å². The molecule has 1 fully saturated rings. The highest BCUT2D eigenvalue weighted by molar-refractivity contribution is 5.77. The van der Waals surface area contributed by atoms with Gasteiger partial charge in [0, 0.05) is 25.4 Å². The van der Waals surface area contributed by atoms with E-state index in [4.69, 9.17) is 0 Å². The number of nitrogens with zero attached hydrogens (tertiary/aromatic N) is 1. The fraction of sp³-hybridized carbons (Fsp3) is 0.611. The maximum absolute atomic E-state index is 12.8. The molecule has 0 aromatic heterocycles. The molecule has 1 N–H and O–H groups in total. The summed E-state index contributed by atoms with van der Waals surface area (Å²) in [5, 5.41) is 9.70. The number of alkyl halides is 3. The highest BCUT2D eigenvalue weighted by atomic mass is 19.4. The van der Waals surface area contributed by atoms with Crippen molar-refractivity contribution in [2.24, 2.45) is 5.92 Å². The number of hydrogen-bond donors (Lipinski definition) is 1. The van der Waals surface area contributed by atoms with Crippen LogP contribution in [0.4, 0.5) is 13.2 Å². The number of amides is 1. The van der Waals surface area contributed by atoms with E-state index in [1.165, 1.54) is 6.07 Å². The SMILES string of the molecule is CC(CC(=O)N1CCCC(C(C)O)C1)c1cccc(C(F)(F)F)c1. The normalized spacial score (nSPS) is 21.4. The van der Waals surface area contributed by atoms with Gasteiger partial charge in [-0.05, 0) is 37.3 Å². The van der Waals surface area contributed by atoms with Crippen LogP contribution in [0.15, 0.2) is 24.3 Å². The van der Waals surface area contributed by atoms with E-state index < -0.39 is 17.8 Å². The average Bonchev–Trinajstić information content (AvgIpc) is 2.54. The molecule has 1 aromatic carbocycles. The van der Waals surface area contributed by atoms with E-state index in [-0.39, 0.29) is 24.2 Å². The van der Waals surface area contributed by atoms with Crippen LogP contribution in [-0.4, -0.2) is 35.1 Å². The zero-order valence-corrected chi connectivity index (χ0v) is 14.0. The lowest BCUT2D eigenvalue weighted by atomic mass is 9.91. The monoisotopic (exact) mass is 343 g/mol. The first kappa shape index (κ1) is 18.8.